The van der Waals surface area contributed by atoms with Crippen LogP contribution in [0.1, 0.15) is 42.3 Å². The summed E-state index contributed by atoms with van der Waals surface area (Å²) in [5.74, 6) is 1.36. The van der Waals surface area contributed by atoms with E-state index in [1.165, 1.54) is 11.1 Å². The summed E-state index contributed by atoms with van der Waals surface area (Å²) in [7, 11) is 0. The molecule has 4 heteroatoms. The minimum Gasteiger partial charge on any atom is -0.471 e. The van der Waals surface area contributed by atoms with E-state index in [-0.39, 0.29) is 0 Å². The molecule has 0 aliphatic carbocycles. The van der Waals surface area contributed by atoms with Crippen LogP contribution in [0.15, 0.2) is 18.2 Å². The normalized spacial score (nSPS) is 11.1. The Kier molecular flexibility index (Phi) is 4.02. The van der Waals surface area contributed by atoms with Crippen LogP contribution in [0.5, 0.6) is 5.75 Å². The SMILES string of the molecule is Cc1cc(OCn2nc(C)c(N)c2C)cc(C(C)C)c1. The second-order valence-corrected chi connectivity index (χ2v) is 5.59. The van der Waals surface area contributed by atoms with Gasteiger partial charge in [0.05, 0.1) is 17.1 Å². The summed E-state index contributed by atoms with van der Waals surface area (Å²) >= 11 is 0. The molecule has 0 unspecified atom stereocenters. The molecular weight excluding hydrogens is 250 g/mol. The van der Waals surface area contributed by atoms with Crippen LogP contribution >= 0.6 is 0 Å². The molecule has 0 bridgehead atoms. The maximum absolute atomic E-state index is 5.92. The number of aromatic nitrogens is 2. The topological polar surface area (TPSA) is 53.1 Å². The fourth-order valence-corrected chi connectivity index (χ4v) is 2.17. The van der Waals surface area contributed by atoms with Crippen LogP contribution in [0.2, 0.25) is 0 Å². The molecule has 1 aromatic carbocycles. The van der Waals surface area contributed by atoms with Crippen molar-refractivity contribution >= 4 is 5.69 Å². The molecule has 0 radical (unpaired) electrons. The third kappa shape index (κ3) is 2.95. The Morgan fingerprint density at radius 1 is 1.20 bits per heavy atom. The largest absolute Gasteiger partial charge is 0.471 e. The molecule has 2 rings (SSSR count). The van der Waals surface area contributed by atoms with Crippen molar-refractivity contribution in [3.8, 4) is 5.75 Å². The van der Waals surface area contributed by atoms with Crippen LogP contribution in [0.25, 0.3) is 0 Å². The summed E-state index contributed by atoms with van der Waals surface area (Å²) in [6.45, 7) is 10.7. The standard InChI is InChI=1S/C16H23N3O/c1-10(2)14-6-11(3)7-15(8-14)20-9-19-13(5)16(17)12(4)18-19/h6-8,10H,9,17H2,1-5H3. The molecule has 0 aliphatic heterocycles. The van der Waals surface area contributed by atoms with Gasteiger partial charge in [0.2, 0.25) is 0 Å². The van der Waals surface area contributed by atoms with Gasteiger partial charge in [-0.05, 0) is 49.9 Å². The van der Waals surface area contributed by atoms with E-state index in [1.54, 1.807) is 4.68 Å². The van der Waals surface area contributed by atoms with E-state index >= 15 is 0 Å². The van der Waals surface area contributed by atoms with Gasteiger partial charge in [-0.1, -0.05) is 19.9 Å². The molecular formula is C16H23N3O. The van der Waals surface area contributed by atoms with Gasteiger partial charge < -0.3 is 10.5 Å². The number of aryl methyl sites for hydroxylation is 2. The number of hydrogen-bond donors (Lipinski definition) is 1. The monoisotopic (exact) mass is 273 g/mol. The molecule has 1 aromatic heterocycles. The van der Waals surface area contributed by atoms with Crippen molar-refractivity contribution < 1.29 is 4.74 Å². The average Bonchev–Trinajstić information content (AvgIpc) is 2.63. The molecule has 0 saturated heterocycles. The fourth-order valence-electron chi connectivity index (χ4n) is 2.17. The minimum absolute atomic E-state index is 0.380. The first kappa shape index (κ1) is 14.4. The van der Waals surface area contributed by atoms with E-state index in [0.717, 1.165) is 22.8 Å². The minimum atomic E-state index is 0.380. The highest BCUT2D eigenvalue weighted by molar-refractivity contribution is 5.46. The molecule has 0 atom stereocenters. The number of hydrogen-bond acceptors (Lipinski definition) is 3. The van der Waals surface area contributed by atoms with Crippen molar-refractivity contribution in [1.82, 2.24) is 9.78 Å². The van der Waals surface area contributed by atoms with E-state index in [9.17, 15) is 0 Å². The number of nitrogens with two attached hydrogens (primary N) is 1. The highest BCUT2D eigenvalue weighted by Gasteiger charge is 2.09. The number of rotatable bonds is 4. The smallest absolute Gasteiger partial charge is 0.181 e. The van der Waals surface area contributed by atoms with Gasteiger partial charge in [-0.2, -0.15) is 5.10 Å². The molecule has 0 spiro atoms. The Morgan fingerprint density at radius 3 is 2.45 bits per heavy atom. The quantitative estimate of drug-likeness (QED) is 0.926. The van der Waals surface area contributed by atoms with Crippen LogP contribution in [0.4, 0.5) is 5.69 Å². The van der Waals surface area contributed by atoms with E-state index in [1.807, 2.05) is 19.9 Å². The number of anilines is 1. The first-order chi connectivity index (χ1) is 9.38. The zero-order valence-corrected chi connectivity index (χ0v) is 12.9. The van der Waals surface area contributed by atoms with Crippen LogP contribution in [-0.4, -0.2) is 9.78 Å². The van der Waals surface area contributed by atoms with Gasteiger partial charge in [-0.15, -0.1) is 0 Å². The zero-order valence-electron chi connectivity index (χ0n) is 12.9. The van der Waals surface area contributed by atoms with Crippen LogP contribution in [-0.2, 0) is 6.73 Å². The van der Waals surface area contributed by atoms with Gasteiger partial charge in [-0.25, -0.2) is 4.68 Å². The molecule has 20 heavy (non-hydrogen) atoms. The summed E-state index contributed by atoms with van der Waals surface area (Å²) < 4.78 is 7.65. The number of benzene rings is 1. The summed E-state index contributed by atoms with van der Waals surface area (Å²) in [5.41, 5.74) is 10.9. The van der Waals surface area contributed by atoms with Crippen molar-refractivity contribution in [2.75, 3.05) is 5.73 Å². The van der Waals surface area contributed by atoms with Gasteiger partial charge in [0.15, 0.2) is 6.73 Å². The number of ether oxygens (including phenoxy) is 1. The predicted molar refractivity (Wildman–Crippen MR) is 82.0 cm³/mol. The Morgan fingerprint density at radius 2 is 1.90 bits per heavy atom. The summed E-state index contributed by atoms with van der Waals surface area (Å²) in [5, 5.41) is 4.37. The van der Waals surface area contributed by atoms with E-state index in [4.69, 9.17) is 10.5 Å². The van der Waals surface area contributed by atoms with Crippen molar-refractivity contribution in [3.63, 3.8) is 0 Å². The molecule has 0 fully saturated rings. The molecule has 108 valence electrons. The second kappa shape index (κ2) is 5.57. The highest BCUT2D eigenvalue weighted by atomic mass is 16.5. The third-order valence-electron chi connectivity index (χ3n) is 3.53. The zero-order chi connectivity index (χ0) is 14.9. The summed E-state index contributed by atoms with van der Waals surface area (Å²) in [6, 6.07) is 6.33. The van der Waals surface area contributed by atoms with Crippen molar-refractivity contribution in [2.45, 2.75) is 47.3 Å². The van der Waals surface area contributed by atoms with E-state index < -0.39 is 0 Å². The lowest BCUT2D eigenvalue weighted by molar-refractivity contribution is 0.217. The third-order valence-corrected chi connectivity index (χ3v) is 3.53. The lowest BCUT2D eigenvalue weighted by Gasteiger charge is -2.12. The van der Waals surface area contributed by atoms with Crippen LogP contribution < -0.4 is 10.5 Å². The van der Waals surface area contributed by atoms with Crippen LogP contribution in [0, 0.1) is 20.8 Å². The molecule has 2 aromatic rings. The Labute approximate surface area is 120 Å². The van der Waals surface area contributed by atoms with Crippen molar-refractivity contribution in [3.05, 3.63) is 40.7 Å². The van der Waals surface area contributed by atoms with Crippen molar-refractivity contribution in [1.29, 1.82) is 0 Å². The lowest BCUT2D eigenvalue weighted by atomic mass is 10.0. The Bertz CT molecular complexity index is 614. The van der Waals surface area contributed by atoms with Crippen LogP contribution in [0.3, 0.4) is 0 Å². The predicted octanol–water partition coefficient (Wildman–Crippen LogP) is 3.55. The molecule has 4 nitrogen and oxygen atoms in total. The van der Waals surface area contributed by atoms with Gasteiger partial charge in [0.1, 0.15) is 5.75 Å². The van der Waals surface area contributed by atoms with E-state index in [2.05, 4.69) is 38.0 Å². The maximum atomic E-state index is 5.92. The average molecular weight is 273 g/mol. The fraction of sp³-hybridized carbons (Fsp3) is 0.438. The maximum Gasteiger partial charge on any atom is 0.181 e. The van der Waals surface area contributed by atoms with Gasteiger partial charge in [0.25, 0.3) is 0 Å². The Balaban J connectivity index is 2.16. The highest BCUT2D eigenvalue weighted by Crippen LogP contribution is 2.23. The van der Waals surface area contributed by atoms with Gasteiger partial charge in [0, 0.05) is 0 Å². The number of nitrogens with zero attached hydrogens (tertiary/aromatic N) is 2. The molecule has 0 amide bonds. The molecule has 2 N–H and O–H groups in total. The first-order valence-electron chi connectivity index (χ1n) is 6.92. The number of nitrogen functional groups attached to an aromatic ring is 1. The van der Waals surface area contributed by atoms with Gasteiger partial charge in [-0.3, -0.25) is 0 Å². The Hall–Kier alpha value is -1.97. The van der Waals surface area contributed by atoms with Crippen molar-refractivity contribution in [2.24, 2.45) is 0 Å². The molecule has 0 saturated carbocycles. The second-order valence-electron chi connectivity index (χ2n) is 5.59. The van der Waals surface area contributed by atoms with Gasteiger partial charge >= 0.3 is 0 Å². The summed E-state index contributed by atoms with van der Waals surface area (Å²) in [4.78, 5) is 0. The molecule has 0 aliphatic rings. The first-order valence-corrected chi connectivity index (χ1v) is 6.92. The lowest BCUT2D eigenvalue weighted by Crippen LogP contribution is -2.09. The summed E-state index contributed by atoms with van der Waals surface area (Å²) in [6.07, 6.45) is 0. The van der Waals surface area contributed by atoms with E-state index in [0.29, 0.717) is 12.6 Å². The molecule has 1 heterocycles.